The van der Waals surface area contributed by atoms with Gasteiger partial charge in [0.05, 0.1) is 47.0 Å². The van der Waals surface area contributed by atoms with E-state index in [1.807, 2.05) is 0 Å². The third-order valence-corrected chi connectivity index (χ3v) is 6.02. The molecule has 0 atom stereocenters. The second kappa shape index (κ2) is 12.3. The molecule has 0 spiro atoms. The van der Waals surface area contributed by atoms with Gasteiger partial charge >= 0.3 is 5.97 Å². The highest BCUT2D eigenvalue weighted by atomic mass is 35.5. The number of anilines is 2. The number of methoxy groups -OCH3 is 1. The zero-order valence-electron chi connectivity index (χ0n) is 21.6. The lowest BCUT2D eigenvalue weighted by atomic mass is 10.1. The molecule has 0 unspecified atom stereocenters. The smallest absolute Gasteiger partial charge is 0.338 e. The molecule has 1 heterocycles. The van der Waals surface area contributed by atoms with Crippen LogP contribution in [0.5, 0.6) is 11.5 Å². The SMILES string of the molecule is CCOC(=O)c1ccc(N2N=C(C)/C(=C\c3ccc(OCC(=O)Nc4ccccc4Cl)c(OC)c3)C2=O)cc1. The average molecular weight is 548 g/mol. The van der Waals surface area contributed by atoms with E-state index in [1.54, 1.807) is 86.7 Å². The molecule has 1 N–H and O–H groups in total. The summed E-state index contributed by atoms with van der Waals surface area (Å²) in [5.41, 5.74) is 3.01. The number of rotatable bonds is 9. The van der Waals surface area contributed by atoms with E-state index in [0.29, 0.717) is 50.3 Å². The lowest BCUT2D eigenvalue weighted by Crippen LogP contribution is -2.21. The molecule has 0 saturated heterocycles. The van der Waals surface area contributed by atoms with Crippen molar-refractivity contribution in [2.24, 2.45) is 5.10 Å². The first kappa shape index (κ1) is 27.4. The molecule has 10 heteroatoms. The molecule has 3 aromatic carbocycles. The second-order valence-corrected chi connectivity index (χ2v) is 8.76. The zero-order valence-corrected chi connectivity index (χ0v) is 22.3. The van der Waals surface area contributed by atoms with Crippen molar-refractivity contribution in [3.05, 3.63) is 88.5 Å². The number of benzene rings is 3. The number of carbonyl (C=O) groups excluding carboxylic acids is 3. The van der Waals surface area contributed by atoms with Gasteiger partial charge in [-0.2, -0.15) is 10.1 Å². The number of ether oxygens (including phenoxy) is 3. The number of nitrogens with zero attached hydrogens (tertiary/aromatic N) is 2. The van der Waals surface area contributed by atoms with E-state index in [2.05, 4.69) is 10.4 Å². The van der Waals surface area contributed by atoms with Crippen LogP contribution in [0.4, 0.5) is 11.4 Å². The Balaban J connectivity index is 1.45. The lowest BCUT2D eigenvalue weighted by Gasteiger charge is -2.13. The van der Waals surface area contributed by atoms with Crippen molar-refractivity contribution in [1.29, 1.82) is 0 Å². The van der Waals surface area contributed by atoms with Gasteiger partial charge in [-0.15, -0.1) is 0 Å². The summed E-state index contributed by atoms with van der Waals surface area (Å²) in [6.07, 6.45) is 1.70. The Kier molecular flexibility index (Phi) is 8.63. The molecule has 0 radical (unpaired) electrons. The molecule has 0 bridgehead atoms. The first-order valence-corrected chi connectivity index (χ1v) is 12.4. The summed E-state index contributed by atoms with van der Waals surface area (Å²) >= 11 is 6.08. The van der Waals surface area contributed by atoms with Gasteiger partial charge in [-0.25, -0.2) is 4.79 Å². The largest absolute Gasteiger partial charge is 0.493 e. The van der Waals surface area contributed by atoms with E-state index >= 15 is 0 Å². The van der Waals surface area contributed by atoms with Gasteiger partial charge in [0.2, 0.25) is 0 Å². The molecule has 0 saturated carbocycles. The van der Waals surface area contributed by atoms with E-state index < -0.39 is 5.97 Å². The molecule has 1 aliphatic rings. The predicted molar refractivity (Wildman–Crippen MR) is 150 cm³/mol. The Labute approximate surface area is 230 Å². The summed E-state index contributed by atoms with van der Waals surface area (Å²) in [4.78, 5) is 37.4. The molecule has 39 heavy (non-hydrogen) atoms. The van der Waals surface area contributed by atoms with Crippen LogP contribution < -0.4 is 19.8 Å². The first-order valence-electron chi connectivity index (χ1n) is 12.0. The number of hydrogen-bond acceptors (Lipinski definition) is 7. The van der Waals surface area contributed by atoms with E-state index in [-0.39, 0.29) is 25.0 Å². The van der Waals surface area contributed by atoms with E-state index in [0.717, 1.165) is 0 Å². The summed E-state index contributed by atoms with van der Waals surface area (Å²) in [6, 6.07) is 18.5. The summed E-state index contributed by atoms with van der Waals surface area (Å²) in [5.74, 6) is -0.372. The molecular formula is C29H26ClN3O6. The summed E-state index contributed by atoms with van der Waals surface area (Å²) < 4.78 is 16.1. The number of carbonyl (C=O) groups is 3. The molecule has 2 amide bonds. The third-order valence-electron chi connectivity index (χ3n) is 5.69. The fraction of sp³-hybridized carbons (Fsp3) is 0.172. The van der Waals surface area contributed by atoms with Gasteiger partial charge in [0.1, 0.15) is 0 Å². The summed E-state index contributed by atoms with van der Waals surface area (Å²) in [5, 5.41) is 8.78. The number of amides is 2. The normalized spacial score (nSPS) is 13.7. The lowest BCUT2D eigenvalue weighted by molar-refractivity contribution is -0.118. The highest BCUT2D eigenvalue weighted by molar-refractivity contribution is 6.33. The van der Waals surface area contributed by atoms with Crippen LogP contribution in [0.25, 0.3) is 6.08 Å². The van der Waals surface area contributed by atoms with Gasteiger partial charge in [0, 0.05) is 0 Å². The first-order chi connectivity index (χ1) is 18.8. The Hall–Kier alpha value is -4.63. The molecule has 9 nitrogen and oxygen atoms in total. The molecule has 200 valence electrons. The molecule has 3 aromatic rings. The van der Waals surface area contributed by atoms with Crippen LogP contribution in [-0.2, 0) is 14.3 Å². The van der Waals surface area contributed by atoms with Crippen LogP contribution in [0.1, 0.15) is 29.8 Å². The minimum Gasteiger partial charge on any atom is -0.493 e. The van der Waals surface area contributed by atoms with Crippen LogP contribution in [0.3, 0.4) is 0 Å². The van der Waals surface area contributed by atoms with E-state index in [9.17, 15) is 14.4 Å². The van der Waals surface area contributed by atoms with Gasteiger partial charge in [0.25, 0.3) is 11.8 Å². The summed E-state index contributed by atoms with van der Waals surface area (Å²) in [6.45, 7) is 3.50. The predicted octanol–water partition coefficient (Wildman–Crippen LogP) is 5.35. The fourth-order valence-corrected chi connectivity index (χ4v) is 3.95. The van der Waals surface area contributed by atoms with Gasteiger partial charge in [-0.1, -0.05) is 29.8 Å². The quantitative estimate of drug-likeness (QED) is 0.286. The molecular weight excluding hydrogens is 522 g/mol. The van der Waals surface area contributed by atoms with Crippen LogP contribution in [-0.4, -0.2) is 43.8 Å². The molecule has 0 aromatic heterocycles. The highest BCUT2D eigenvalue weighted by Crippen LogP contribution is 2.31. The van der Waals surface area contributed by atoms with Gasteiger partial charge in [-0.3, -0.25) is 9.59 Å². The number of para-hydroxylation sites is 1. The zero-order chi connectivity index (χ0) is 27.9. The third kappa shape index (κ3) is 6.45. The molecule has 4 rings (SSSR count). The van der Waals surface area contributed by atoms with Crippen molar-refractivity contribution in [2.75, 3.05) is 30.6 Å². The maximum atomic E-state index is 13.2. The van der Waals surface area contributed by atoms with Gasteiger partial charge in [0.15, 0.2) is 18.1 Å². The van der Waals surface area contributed by atoms with Crippen molar-refractivity contribution < 1.29 is 28.6 Å². The number of esters is 1. The number of nitrogens with one attached hydrogen (secondary N) is 1. The van der Waals surface area contributed by atoms with Crippen molar-refractivity contribution in [3.63, 3.8) is 0 Å². The van der Waals surface area contributed by atoms with Crippen molar-refractivity contribution in [1.82, 2.24) is 0 Å². The van der Waals surface area contributed by atoms with E-state index in [1.165, 1.54) is 12.1 Å². The van der Waals surface area contributed by atoms with Crippen LogP contribution in [0.2, 0.25) is 5.02 Å². The Morgan fingerprint density at radius 3 is 2.49 bits per heavy atom. The number of hydrogen-bond donors (Lipinski definition) is 1. The Bertz CT molecular complexity index is 1470. The fourth-order valence-electron chi connectivity index (χ4n) is 3.76. The molecule has 1 aliphatic heterocycles. The average Bonchev–Trinajstić information content (AvgIpc) is 3.22. The summed E-state index contributed by atoms with van der Waals surface area (Å²) in [7, 11) is 1.48. The van der Waals surface area contributed by atoms with Crippen LogP contribution >= 0.6 is 11.6 Å². The maximum Gasteiger partial charge on any atom is 0.338 e. The topological polar surface area (TPSA) is 107 Å². The van der Waals surface area contributed by atoms with Crippen molar-refractivity contribution in [2.45, 2.75) is 13.8 Å². The second-order valence-electron chi connectivity index (χ2n) is 8.35. The van der Waals surface area contributed by atoms with Crippen molar-refractivity contribution >= 4 is 52.5 Å². The van der Waals surface area contributed by atoms with Gasteiger partial charge in [-0.05, 0) is 74.0 Å². The Morgan fingerprint density at radius 1 is 1.05 bits per heavy atom. The standard InChI is InChI=1S/C29H26ClN3O6/c1-4-38-29(36)20-10-12-21(13-11-20)33-28(35)22(18(2)32-33)15-19-9-14-25(26(16-19)37-3)39-17-27(34)31-24-8-6-5-7-23(24)30/h5-16H,4,17H2,1-3H3,(H,31,34)/b22-15+. The number of hydrazone groups is 1. The monoisotopic (exact) mass is 547 g/mol. The number of halogens is 1. The minimum absolute atomic E-state index is 0.254. The highest BCUT2D eigenvalue weighted by Gasteiger charge is 2.29. The van der Waals surface area contributed by atoms with Crippen LogP contribution in [0.15, 0.2) is 77.4 Å². The van der Waals surface area contributed by atoms with Crippen LogP contribution in [0, 0.1) is 0 Å². The van der Waals surface area contributed by atoms with Gasteiger partial charge < -0.3 is 19.5 Å². The minimum atomic E-state index is -0.431. The molecule has 0 fully saturated rings. The maximum absolute atomic E-state index is 13.2. The Morgan fingerprint density at radius 2 is 1.79 bits per heavy atom. The van der Waals surface area contributed by atoms with Crippen molar-refractivity contribution in [3.8, 4) is 11.5 Å². The molecule has 0 aliphatic carbocycles. The van der Waals surface area contributed by atoms with E-state index in [4.69, 9.17) is 25.8 Å².